The molecule has 1 aliphatic heterocycles. The molecule has 1 aliphatic rings. The van der Waals surface area contributed by atoms with Gasteiger partial charge in [-0.2, -0.15) is 11.3 Å². The van der Waals surface area contributed by atoms with Crippen molar-refractivity contribution in [3.05, 3.63) is 46.7 Å². The molecule has 6 heteroatoms. The lowest BCUT2D eigenvalue weighted by atomic mass is 10.1. The number of ether oxygens (including phenoxy) is 1. The predicted molar refractivity (Wildman–Crippen MR) is 97.9 cm³/mol. The molecular weight excluding hydrogens is 322 g/mol. The fourth-order valence-electron chi connectivity index (χ4n) is 2.98. The molecule has 24 heavy (non-hydrogen) atoms. The summed E-state index contributed by atoms with van der Waals surface area (Å²) in [4.78, 5) is 14.2. The molecule has 2 aromatic rings. The van der Waals surface area contributed by atoms with E-state index >= 15 is 0 Å². The van der Waals surface area contributed by atoms with Gasteiger partial charge < -0.3 is 20.3 Å². The minimum Gasteiger partial charge on any atom is -0.495 e. The number of benzene rings is 1. The van der Waals surface area contributed by atoms with Crippen molar-refractivity contribution >= 4 is 23.1 Å². The molecule has 2 amide bonds. The zero-order chi connectivity index (χ0) is 16.8. The molecule has 0 spiro atoms. The molecule has 3 rings (SSSR count). The molecule has 128 valence electrons. The van der Waals surface area contributed by atoms with E-state index in [1.54, 1.807) is 18.4 Å². The summed E-state index contributed by atoms with van der Waals surface area (Å²) >= 11 is 1.64. The Kier molecular flexibility index (Phi) is 5.59. The highest BCUT2D eigenvalue weighted by Crippen LogP contribution is 2.31. The van der Waals surface area contributed by atoms with Crippen molar-refractivity contribution in [2.24, 2.45) is 5.92 Å². The summed E-state index contributed by atoms with van der Waals surface area (Å²) in [5.41, 5.74) is 2.27. The number of carbonyl (C=O) groups excluding carboxylic acids is 1. The molecular formula is C18H23N3O2S. The second-order valence-corrected chi connectivity index (χ2v) is 6.75. The molecule has 0 radical (unpaired) electrons. The van der Waals surface area contributed by atoms with Crippen molar-refractivity contribution in [1.29, 1.82) is 0 Å². The van der Waals surface area contributed by atoms with E-state index in [9.17, 15) is 4.79 Å². The van der Waals surface area contributed by atoms with Crippen molar-refractivity contribution in [2.75, 3.05) is 31.6 Å². The highest BCUT2D eigenvalue weighted by molar-refractivity contribution is 7.07. The van der Waals surface area contributed by atoms with Gasteiger partial charge in [-0.25, -0.2) is 4.79 Å². The number of amides is 2. The second-order valence-electron chi connectivity index (χ2n) is 5.97. The second kappa shape index (κ2) is 8.06. The number of nitrogens with one attached hydrogen (secondary N) is 2. The van der Waals surface area contributed by atoms with Gasteiger partial charge in [-0.15, -0.1) is 0 Å². The van der Waals surface area contributed by atoms with E-state index in [1.165, 1.54) is 0 Å². The molecule has 1 aromatic heterocycles. The van der Waals surface area contributed by atoms with Crippen LogP contribution in [-0.2, 0) is 6.54 Å². The Bertz CT molecular complexity index is 660. The largest absolute Gasteiger partial charge is 0.495 e. The molecule has 0 saturated carbocycles. The summed E-state index contributed by atoms with van der Waals surface area (Å²) in [5.74, 6) is 1.36. The van der Waals surface area contributed by atoms with Gasteiger partial charge in [0.05, 0.1) is 12.8 Å². The van der Waals surface area contributed by atoms with Crippen LogP contribution in [0.1, 0.15) is 12.0 Å². The van der Waals surface area contributed by atoms with Gasteiger partial charge in [0.2, 0.25) is 0 Å². The van der Waals surface area contributed by atoms with E-state index in [1.807, 2.05) is 35.0 Å². The Labute approximate surface area is 146 Å². The number of para-hydroxylation sites is 2. The van der Waals surface area contributed by atoms with Gasteiger partial charge in [0.1, 0.15) is 5.75 Å². The fraction of sp³-hybridized carbons (Fsp3) is 0.389. The lowest BCUT2D eigenvalue weighted by Crippen LogP contribution is -2.38. The van der Waals surface area contributed by atoms with Gasteiger partial charge in [-0.05, 0) is 46.9 Å². The lowest BCUT2D eigenvalue weighted by Gasteiger charge is -2.21. The number of hydrogen-bond acceptors (Lipinski definition) is 4. The topological polar surface area (TPSA) is 53.6 Å². The number of methoxy groups -OCH3 is 1. The first-order chi connectivity index (χ1) is 11.8. The van der Waals surface area contributed by atoms with Crippen molar-refractivity contribution in [1.82, 2.24) is 10.6 Å². The van der Waals surface area contributed by atoms with Gasteiger partial charge in [-0.3, -0.25) is 0 Å². The van der Waals surface area contributed by atoms with Crippen LogP contribution in [0.5, 0.6) is 5.75 Å². The monoisotopic (exact) mass is 345 g/mol. The van der Waals surface area contributed by atoms with Crippen LogP contribution in [0.15, 0.2) is 41.1 Å². The maximum atomic E-state index is 11.9. The minimum atomic E-state index is -0.100. The summed E-state index contributed by atoms with van der Waals surface area (Å²) in [7, 11) is 1.70. The van der Waals surface area contributed by atoms with Crippen LogP contribution < -0.4 is 20.3 Å². The highest BCUT2D eigenvalue weighted by Gasteiger charge is 2.24. The first-order valence-corrected chi connectivity index (χ1v) is 9.11. The quantitative estimate of drug-likeness (QED) is 0.846. The van der Waals surface area contributed by atoms with Crippen LogP contribution in [0, 0.1) is 5.92 Å². The van der Waals surface area contributed by atoms with Gasteiger partial charge in [0.15, 0.2) is 0 Å². The Hall–Kier alpha value is -2.21. The van der Waals surface area contributed by atoms with Crippen LogP contribution in [-0.4, -0.2) is 32.8 Å². The maximum absolute atomic E-state index is 11.9. The van der Waals surface area contributed by atoms with Crippen molar-refractivity contribution in [3.63, 3.8) is 0 Å². The summed E-state index contributed by atoms with van der Waals surface area (Å²) in [6.45, 7) is 3.20. The summed E-state index contributed by atoms with van der Waals surface area (Å²) in [5, 5.41) is 9.93. The molecule has 2 heterocycles. The maximum Gasteiger partial charge on any atom is 0.315 e. The predicted octanol–water partition coefficient (Wildman–Crippen LogP) is 3.08. The Morgan fingerprint density at radius 2 is 2.21 bits per heavy atom. The standard InChI is InChI=1S/C18H23N3O2S/c1-23-17-5-3-2-4-16(17)21-8-6-14(12-21)10-19-18(22)20-11-15-7-9-24-13-15/h2-5,7,9,13-14H,6,8,10-12H2,1H3,(H2,19,20,22)/t14-/m0/s1. The smallest absolute Gasteiger partial charge is 0.315 e. The minimum absolute atomic E-state index is 0.100. The molecule has 1 saturated heterocycles. The molecule has 0 unspecified atom stereocenters. The molecule has 1 atom stereocenters. The van der Waals surface area contributed by atoms with E-state index in [0.29, 0.717) is 19.0 Å². The molecule has 2 N–H and O–H groups in total. The van der Waals surface area contributed by atoms with Gasteiger partial charge in [-0.1, -0.05) is 12.1 Å². The summed E-state index contributed by atoms with van der Waals surface area (Å²) in [6, 6.07) is 10.0. The third-order valence-corrected chi connectivity index (χ3v) is 5.03. The fourth-order valence-corrected chi connectivity index (χ4v) is 3.65. The third-order valence-electron chi connectivity index (χ3n) is 4.30. The van der Waals surface area contributed by atoms with E-state index in [0.717, 1.165) is 36.5 Å². The molecule has 0 bridgehead atoms. The van der Waals surface area contributed by atoms with E-state index in [4.69, 9.17) is 4.74 Å². The summed E-state index contributed by atoms with van der Waals surface area (Å²) < 4.78 is 5.44. The number of rotatable bonds is 6. The van der Waals surface area contributed by atoms with Crippen LogP contribution in [0.25, 0.3) is 0 Å². The zero-order valence-corrected chi connectivity index (χ0v) is 14.6. The van der Waals surface area contributed by atoms with Crippen LogP contribution in [0.3, 0.4) is 0 Å². The van der Waals surface area contributed by atoms with Crippen LogP contribution >= 0.6 is 11.3 Å². The average molecular weight is 345 g/mol. The molecule has 0 aliphatic carbocycles. The van der Waals surface area contributed by atoms with Crippen molar-refractivity contribution in [3.8, 4) is 5.75 Å². The number of thiophene rings is 1. The Balaban J connectivity index is 1.43. The average Bonchev–Trinajstić information content (AvgIpc) is 3.29. The molecule has 1 fully saturated rings. The number of hydrogen-bond donors (Lipinski definition) is 2. The van der Waals surface area contributed by atoms with E-state index in [2.05, 4.69) is 21.6 Å². The zero-order valence-electron chi connectivity index (χ0n) is 13.8. The molecule has 1 aromatic carbocycles. The Morgan fingerprint density at radius 3 is 3.00 bits per heavy atom. The van der Waals surface area contributed by atoms with E-state index < -0.39 is 0 Å². The number of anilines is 1. The highest BCUT2D eigenvalue weighted by atomic mass is 32.1. The van der Waals surface area contributed by atoms with Crippen molar-refractivity contribution in [2.45, 2.75) is 13.0 Å². The normalized spacial score (nSPS) is 16.9. The lowest BCUT2D eigenvalue weighted by molar-refractivity contribution is 0.239. The number of nitrogens with zero attached hydrogens (tertiary/aromatic N) is 1. The third kappa shape index (κ3) is 4.20. The van der Waals surface area contributed by atoms with Gasteiger partial charge in [0, 0.05) is 26.2 Å². The van der Waals surface area contributed by atoms with Crippen LogP contribution in [0.4, 0.5) is 10.5 Å². The van der Waals surface area contributed by atoms with Crippen molar-refractivity contribution < 1.29 is 9.53 Å². The number of urea groups is 1. The van der Waals surface area contributed by atoms with Gasteiger partial charge >= 0.3 is 6.03 Å². The SMILES string of the molecule is COc1ccccc1N1CC[C@@H](CNC(=O)NCc2ccsc2)C1. The first-order valence-electron chi connectivity index (χ1n) is 8.17. The first kappa shape index (κ1) is 16.6. The summed E-state index contributed by atoms with van der Waals surface area (Å²) in [6.07, 6.45) is 1.07. The molecule has 5 nitrogen and oxygen atoms in total. The Morgan fingerprint density at radius 1 is 1.33 bits per heavy atom. The number of carbonyl (C=O) groups is 1. The van der Waals surface area contributed by atoms with Gasteiger partial charge in [0.25, 0.3) is 0 Å². The van der Waals surface area contributed by atoms with E-state index in [-0.39, 0.29) is 6.03 Å². The van der Waals surface area contributed by atoms with Crippen LogP contribution in [0.2, 0.25) is 0 Å².